The van der Waals surface area contributed by atoms with Crippen LogP contribution in [0.15, 0.2) is 115 Å². The molecule has 1 amide bonds. The third-order valence-corrected chi connectivity index (χ3v) is 7.96. The van der Waals surface area contributed by atoms with Gasteiger partial charge >= 0.3 is 0 Å². The minimum atomic E-state index is -0.255. The van der Waals surface area contributed by atoms with Gasteiger partial charge in [0, 0.05) is 24.5 Å². The number of nitrogens with zero attached hydrogens (tertiary/aromatic N) is 2. The molecule has 0 saturated heterocycles. The highest BCUT2D eigenvalue weighted by molar-refractivity contribution is 7.09. The fraction of sp³-hybridized carbons (Fsp3) is 0.222. The number of ether oxygens (including phenoxy) is 1. The molecule has 0 radical (unpaired) electrons. The van der Waals surface area contributed by atoms with Crippen LogP contribution in [0.1, 0.15) is 51.1 Å². The van der Waals surface area contributed by atoms with E-state index in [0.717, 1.165) is 40.3 Å². The predicted octanol–water partition coefficient (Wildman–Crippen LogP) is 7.81. The molecule has 43 heavy (non-hydrogen) atoms. The lowest BCUT2D eigenvalue weighted by molar-refractivity contribution is 0.0933. The van der Waals surface area contributed by atoms with E-state index in [1.165, 1.54) is 29.0 Å². The van der Waals surface area contributed by atoms with Gasteiger partial charge in [-0.15, -0.1) is 11.3 Å². The number of hydrogen-bond acceptors (Lipinski definition) is 5. The standard InChI is InChI=1S/C36H36FN3O2S/c1-27(12-13-28-8-4-2-5-9-28)38-36(41)34-26-43-35(39-34)24-40(22-29-14-18-32(37)19-15-29)23-30-16-20-33(21-17-30)42-25-31-10-6-3-7-11-31/h2-11,14-21,26-27H,12-13,22-25H2,1H3,(H,38,41)/t27-/m1/s1. The third-order valence-electron chi connectivity index (χ3n) is 7.13. The van der Waals surface area contributed by atoms with Crippen LogP contribution in [-0.2, 0) is 32.7 Å². The fourth-order valence-electron chi connectivity index (χ4n) is 4.78. The van der Waals surface area contributed by atoms with E-state index < -0.39 is 0 Å². The van der Waals surface area contributed by atoms with Gasteiger partial charge in [0.1, 0.15) is 28.9 Å². The number of aryl methyl sites for hydroxylation is 1. The van der Waals surface area contributed by atoms with Crippen molar-refractivity contribution in [3.63, 3.8) is 0 Å². The van der Waals surface area contributed by atoms with Crippen LogP contribution in [0, 0.1) is 5.82 Å². The van der Waals surface area contributed by atoms with Crippen molar-refractivity contribution < 1.29 is 13.9 Å². The van der Waals surface area contributed by atoms with Crippen LogP contribution in [0.4, 0.5) is 4.39 Å². The lowest BCUT2D eigenvalue weighted by Crippen LogP contribution is -2.33. The van der Waals surface area contributed by atoms with Crippen molar-refractivity contribution >= 4 is 17.2 Å². The van der Waals surface area contributed by atoms with Gasteiger partial charge in [-0.2, -0.15) is 0 Å². The Bertz CT molecular complexity index is 1560. The highest BCUT2D eigenvalue weighted by Gasteiger charge is 2.16. The first kappa shape index (κ1) is 30.1. The van der Waals surface area contributed by atoms with Gasteiger partial charge in [-0.05, 0) is 66.3 Å². The molecule has 0 aliphatic rings. The number of halogens is 1. The van der Waals surface area contributed by atoms with Crippen LogP contribution >= 0.6 is 11.3 Å². The van der Waals surface area contributed by atoms with Crippen molar-refractivity contribution in [3.05, 3.63) is 153 Å². The molecule has 220 valence electrons. The van der Waals surface area contributed by atoms with Crippen LogP contribution in [0.25, 0.3) is 0 Å². The molecule has 7 heteroatoms. The summed E-state index contributed by atoms with van der Waals surface area (Å²) in [4.78, 5) is 19.8. The van der Waals surface area contributed by atoms with Gasteiger partial charge in [-0.1, -0.05) is 84.9 Å². The van der Waals surface area contributed by atoms with E-state index in [1.54, 1.807) is 12.1 Å². The second-order valence-electron chi connectivity index (χ2n) is 10.7. The number of thiazole rings is 1. The number of aromatic nitrogens is 1. The number of nitrogens with one attached hydrogen (secondary N) is 1. The van der Waals surface area contributed by atoms with Gasteiger partial charge < -0.3 is 10.1 Å². The van der Waals surface area contributed by atoms with Crippen molar-refractivity contribution in [3.8, 4) is 5.75 Å². The van der Waals surface area contributed by atoms with Crippen LogP contribution in [-0.4, -0.2) is 21.8 Å². The number of amides is 1. The molecule has 1 atom stereocenters. The molecule has 5 rings (SSSR count). The van der Waals surface area contributed by atoms with E-state index in [2.05, 4.69) is 39.5 Å². The summed E-state index contributed by atoms with van der Waals surface area (Å²) >= 11 is 1.48. The summed E-state index contributed by atoms with van der Waals surface area (Å²) in [6, 6.07) is 35.1. The Hall–Kier alpha value is -4.33. The predicted molar refractivity (Wildman–Crippen MR) is 170 cm³/mol. The van der Waals surface area contributed by atoms with E-state index in [0.29, 0.717) is 31.9 Å². The van der Waals surface area contributed by atoms with Gasteiger partial charge in [-0.25, -0.2) is 9.37 Å². The van der Waals surface area contributed by atoms with E-state index >= 15 is 0 Å². The van der Waals surface area contributed by atoms with Gasteiger partial charge in [-0.3, -0.25) is 9.69 Å². The van der Waals surface area contributed by atoms with Crippen molar-refractivity contribution in [1.29, 1.82) is 0 Å². The zero-order chi connectivity index (χ0) is 29.9. The molecule has 0 saturated carbocycles. The molecular weight excluding hydrogens is 557 g/mol. The van der Waals surface area contributed by atoms with Crippen LogP contribution in [0.2, 0.25) is 0 Å². The molecule has 1 aromatic heterocycles. The Balaban J connectivity index is 1.20. The van der Waals surface area contributed by atoms with Crippen LogP contribution in [0.3, 0.4) is 0 Å². The minimum Gasteiger partial charge on any atom is -0.489 e. The molecule has 1 heterocycles. The molecule has 5 nitrogen and oxygen atoms in total. The average Bonchev–Trinajstić information content (AvgIpc) is 3.50. The first-order valence-electron chi connectivity index (χ1n) is 14.5. The first-order chi connectivity index (χ1) is 21.0. The van der Waals surface area contributed by atoms with Crippen LogP contribution < -0.4 is 10.1 Å². The number of carbonyl (C=O) groups is 1. The van der Waals surface area contributed by atoms with Gasteiger partial charge in [0.2, 0.25) is 0 Å². The Labute approximate surface area is 257 Å². The SMILES string of the molecule is C[C@H](CCc1ccccc1)NC(=O)c1csc(CN(Cc2ccc(F)cc2)Cc2ccc(OCc3ccccc3)cc2)n1. The summed E-state index contributed by atoms with van der Waals surface area (Å²) in [6.07, 6.45) is 1.76. The maximum atomic E-state index is 13.6. The summed E-state index contributed by atoms with van der Waals surface area (Å²) in [5.41, 5.74) is 4.94. The maximum Gasteiger partial charge on any atom is 0.270 e. The molecule has 0 unspecified atom stereocenters. The van der Waals surface area contributed by atoms with E-state index in [-0.39, 0.29) is 17.8 Å². The summed E-state index contributed by atoms with van der Waals surface area (Å²) < 4.78 is 19.5. The monoisotopic (exact) mass is 593 g/mol. The lowest BCUT2D eigenvalue weighted by atomic mass is 10.1. The summed E-state index contributed by atoms with van der Waals surface area (Å²) in [5.74, 6) is 0.403. The largest absolute Gasteiger partial charge is 0.489 e. The van der Waals surface area contributed by atoms with E-state index in [4.69, 9.17) is 4.74 Å². The highest BCUT2D eigenvalue weighted by Crippen LogP contribution is 2.20. The van der Waals surface area contributed by atoms with Gasteiger partial charge in [0.25, 0.3) is 5.91 Å². The number of benzene rings is 4. The van der Waals surface area contributed by atoms with Crippen molar-refractivity contribution in [2.24, 2.45) is 0 Å². The second kappa shape index (κ2) is 15.2. The van der Waals surface area contributed by atoms with Gasteiger partial charge in [0.15, 0.2) is 0 Å². The molecule has 0 fully saturated rings. The van der Waals surface area contributed by atoms with E-state index in [9.17, 15) is 9.18 Å². The Morgan fingerprint density at radius 2 is 1.42 bits per heavy atom. The summed E-state index contributed by atoms with van der Waals surface area (Å²) in [6.45, 7) is 4.38. The smallest absolute Gasteiger partial charge is 0.270 e. The Kier molecular flexibility index (Phi) is 10.7. The lowest BCUT2D eigenvalue weighted by Gasteiger charge is -2.22. The van der Waals surface area contributed by atoms with Crippen molar-refractivity contribution in [1.82, 2.24) is 15.2 Å². The Morgan fingerprint density at radius 1 is 0.814 bits per heavy atom. The summed E-state index contributed by atoms with van der Waals surface area (Å²) in [5, 5.41) is 5.76. The minimum absolute atomic E-state index is 0.0347. The molecule has 0 bridgehead atoms. The summed E-state index contributed by atoms with van der Waals surface area (Å²) in [7, 11) is 0. The normalized spacial score (nSPS) is 11.8. The molecule has 0 aliphatic carbocycles. The number of rotatable bonds is 14. The highest BCUT2D eigenvalue weighted by atomic mass is 32.1. The second-order valence-corrected chi connectivity index (χ2v) is 11.7. The van der Waals surface area contributed by atoms with Gasteiger partial charge in [0.05, 0.1) is 6.54 Å². The molecule has 4 aromatic carbocycles. The van der Waals surface area contributed by atoms with Crippen molar-refractivity contribution in [2.45, 2.75) is 52.0 Å². The van der Waals surface area contributed by atoms with Crippen LogP contribution in [0.5, 0.6) is 5.75 Å². The zero-order valence-corrected chi connectivity index (χ0v) is 25.1. The zero-order valence-electron chi connectivity index (χ0n) is 24.3. The van der Waals surface area contributed by atoms with E-state index in [1.807, 2.05) is 73.0 Å². The third kappa shape index (κ3) is 9.60. The van der Waals surface area contributed by atoms with Crippen molar-refractivity contribution in [2.75, 3.05) is 0 Å². The number of carbonyl (C=O) groups excluding carboxylic acids is 1. The average molecular weight is 594 g/mol. The Morgan fingerprint density at radius 3 is 2.07 bits per heavy atom. The maximum absolute atomic E-state index is 13.6. The quantitative estimate of drug-likeness (QED) is 0.143. The fourth-order valence-corrected chi connectivity index (χ4v) is 5.60. The first-order valence-corrected chi connectivity index (χ1v) is 15.4. The molecule has 0 spiro atoms. The molecular formula is C36H36FN3O2S. The topological polar surface area (TPSA) is 54.5 Å². The number of hydrogen-bond donors (Lipinski definition) is 1. The molecule has 5 aromatic rings. The molecule has 0 aliphatic heterocycles. The molecule has 1 N–H and O–H groups in total.